The molecule has 4 amide bonds. The lowest BCUT2D eigenvalue weighted by atomic mass is 10.0. The van der Waals surface area contributed by atoms with Gasteiger partial charge in [0.2, 0.25) is 5.43 Å². The number of aromatic hydroxyl groups is 1. The minimum absolute atomic E-state index is 0.0568. The molecule has 4 heterocycles. The first-order chi connectivity index (χ1) is 28.0. The number of nitrogens with zero attached hydrogens (tertiary/aromatic N) is 3. The molecule has 4 aliphatic rings. The number of ether oxygens (including phenoxy) is 2. The summed E-state index contributed by atoms with van der Waals surface area (Å²) in [6.45, 7) is 2.08. The maximum absolute atomic E-state index is 13.8. The molecule has 1 aliphatic carbocycles. The number of benzene rings is 3. The van der Waals surface area contributed by atoms with Gasteiger partial charge in [-0.25, -0.2) is 18.4 Å². The number of pyridine rings is 1. The number of nitrogens with one attached hydrogen (secondary N) is 2. The van der Waals surface area contributed by atoms with Gasteiger partial charge in [0.1, 0.15) is 30.4 Å². The number of aromatic nitrogens is 1. The Morgan fingerprint density at radius 3 is 2.24 bits per heavy atom. The van der Waals surface area contributed by atoms with Crippen molar-refractivity contribution in [2.75, 3.05) is 26.2 Å². The van der Waals surface area contributed by atoms with Crippen LogP contribution in [0.4, 0.5) is 18.4 Å². The number of halogens is 2. The monoisotopic (exact) mass is 795 g/mol. The summed E-state index contributed by atoms with van der Waals surface area (Å²) in [6, 6.07) is 21.6. The van der Waals surface area contributed by atoms with Crippen molar-refractivity contribution in [3.05, 3.63) is 147 Å². The standard InChI is InChI=1S/C22H24N2O4.C21H19F2N3O4/c25-21(27-16-18-9-3-1-4-10-18)23-20-13-7-8-14-24(15-20)22(26)28-17-19-11-5-2-6-12-19;22-13-2-1-10(16(23)5-13)6-24-20(29)15-9-26-14-4-11-3-12(11)7-25(8-14)21(30)17(26)19(28)18(15)27/h1-12,20H,13-17H2,(H,23,25);1-2,5,9,11-12,14,28H,3-4,6-8H2,(H,24,29)/t20-;11-,12+,14+/m10/s1. The number of carbonyl (C=O) groups is 4. The molecule has 2 fully saturated rings. The topological polar surface area (TPSA) is 160 Å². The van der Waals surface area contributed by atoms with Gasteiger partial charge in [0.15, 0.2) is 11.4 Å². The summed E-state index contributed by atoms with van der Waals surface area (Å²) in [5, 5.41) is 15.7. The van der Waals surface area contributed by atoms with Gasteiger partial charge < -0.3 is 39.6 Å². The Hall–Kier alpha value is -6.51. The van der Waals surface area contributed by atoms with Crippen molar-refractivity contribution in [3.8, 4) is 5.75 Å². The van der Waals surface area contributed by atoms with Gasteiger partial charge in [0.25, 0.3) is 11.8 Å². The van der Waals surface area contributed by atoms with E-state index in [9.17, 15) is 37.9 Å². The van der Waals surface area contributed by atoms with E-state index in [4.69, 9.17) is 9.47 Å². The number of amides is 4. The lowest BCUT2D eigenvalue weighted by Crippen LogP contribution is -2.45. The Balaban J connectivity index is 0.000000177. The first-order valence-corrected chi connectivity index (χ1v) is 19.1. The number of hydrogen-bond donors (Lipinski definition) is 3. The van der Waals surface area contributed by atoms with Gasteiger partial charge in [-0.15, -0.1) is 0 Å². The van der Waals surface area contributed by atoms with Crippen LogP contribution in [0.5, 0.6) is 5.75 Å². The van der Waals surface area contributed by atoms with E-state index in [0.717, 1.165) is 30.0 Å². The van der Waals surface area contributed by atoms with E-state index in [1.807, 2.05) is 72.8 Å². The van der Waals surface area contributed by atoms with Gasteiger partial charge in [-0.2, -0.15) is 0 Å². The lowest BCUT2D eigenvalue weighted by molar-refractivity contribution is 0.0663. The van der Waals surface area contributed by atoms with Crippen molar-refractivity contribution in [2.45, 2.75) is 51.1 Å². The quantitative estimate of drug-likeness (QED) is 0.192. The van der Waals surface area contributed by atoms with E-state index in [1.54, 1.807) is 14.4 Å². The number of rotatable bonds is 8. The fraction of sp³-hybridized carbons (Fsp3) is 0.326. The zero-order valence-electron chi connectivity index (χ0n) is 31.5. The van der Waals surface area contributed by atoms with E-state index < -0.39 is 46.8 Å². The molecule has 8 rings (SSSR count). The van der Waals surface area contributed by atoms with Crippen LogP contribution in [0.2, 0.25) is 0 Å². The zero-order chi connectivity index (χ0) is 40.8. The van der Waals surface area contributed by atoms with Crippen molar-refractivity contribution in [3.63, 3.8) is 0 Å². The Bertz CT molecular complexity index is 2250. The molecule has 1 saturated heterocycles. The predicted molar refractivity (Wildman–Crippen MR) is 207 cm³/mol. The second-order valence-electron chi connectivity index (χ2n) is 14.8. The molecule has 3 aromatic carbocycles. The van der Waals surface area contributed by atoms with Crippen molar-refractivity contribution in [1.82, 2.24) is 25.0 Å². The highest BCUT2D eigenvalue weighted by Crippen LogP contribution is 2.49. The molecule has 1 saturated carbocycles. The molecule has 3 aliphatic heterocycles. The SMILES string of the molecule is O=C(NCc1ccc(F)cc1F)c1cn2c(c(O)c1=O)C(=O)N1C[C@H]3C[C@H]3C[C@@H]2C1.O=C(N[C@@H]1CC=CCN(C(=O)OCc2ccccc2)C1)OCc1ccccc1. The maximum Gasteiger partial charge on any atom is 0.410 e. The smallest absolute Gasteiger partial charge is 0.410 e. The molecule has 13 nitrogen and oxygen atoms in total. The molecule has 302 valence electrons. The minimum atomic E-state index is -0.948. The van der Waals surface area contributed by atoms with Crippen LogP contribution in [-0.2, 0) is 29.2 Å². The molecule has 4 aromatic rings. The molecule has 1 aromatic heterocycles. The fourth-order valence-electron chi connectivity index (χ4n) is 7.47. The minimum Gasteiger partial charge on any atom is -0.503 e. The second-order valence-corrected chi connectivity index (χ2v) is 14.8. The Labute approximate surface area is 332 Å². The summed E-state index contributed by atoms with van der Waals surface area (Å²) in [4.78, 5) is 65.8. The van der Waals surface area contributed by atoms with Crippen LogP contribution in [0.1, 0.15) is 62.8 Å². The van der Waals surface area contributed by atoms with Crippen molar-refractivity contribution in [2.24, 2.45) is 11.8 Å². The van der Waals surface area contributed by atoms with Crippen LogP contribution in [-0.4, -0.2) is 75.7 Å². The maximum atomic E-state index is 13.8. The average molecular weight is 796 g/mol. The van der Waals surface area contributed by atoms with E-state index >= 15 is 0 Å². The van der Waals surface area contributed by atoms with Crippen LogP contribution < -0.4 is 16.1 Å². The molecule has 0 radical (unpaired) electrons. The third-order valence-corrected chi connectivity index (χ3v) is 10.7. The van der Waals surface area contributed by atoms with Crippen molar-refractivity contribution >= 4 is 24.0 Å². The summed E-state index contributed by atoms with van der Waals surface area (Å²) < 4.78 is 39.0. The highest BCUT2D eigenvalue weighted by Gasteiger charge is 2.47. The van der Waals surface area contributed by atoms with Gasteiger partial charge in [0, 0.05) is 50.6 Å². The summed E-state index contributed by atoms with van der Waals surface area (Å²) in [7, 11) is 0. The van der Waals surface area contributed by atoms with Gasteiger partial charge >= 0.3 is 12.2 Å². The van der Waals surface area contributed by atoms with E-state index in [1.165, 1.54) is 12.3 Å². The first-order valence-electron chi connectivity index (χ1n) is 19.1. The summed E-state index contributed by atoms with van der Waals surface area (Å²) in [6.07, 6.45) is 6.76. The van der Waals surface area contributed by atoms with E-state index in [2.05, 4.69) is 10.6 Å². The Morgan fingerprint density at radius 1 is 0.828 bits per heavy atom. The summed E-state index contributed by atoms with van der Waals surface area (Å²) in [5.41, 5.74) is 0.554. The van der Waals surface area contributed by atoms with Gasteiger partial charge in [-0.3, -0.25) is 14.4 Å². The fourth-order valence-corrected chi connectivity index (χ4v) is 7.47. The molecular weight excluding hydrogens is 752 g/mol. The van der Waals surface area contributed by atoms with Crippen LogP contribution in [0.15, 0.2) is 102 Å². The third-order valence-electron chi connectivity index (χ3n) is 10.7. The predicted octanol–water partition coefficient (Wildman–Crippen LogP) is 5.68. The molecule has 58 heavy (non-hydrogen) atoms. The van der Waals surface area contributed by atoms with Gasteiger partial charge in [-0.1, -0.05) is 78.9 Å². The van der Waals surface area contributed by atoms with Crippen LogP contribution in [0.3, 0.4) is 0 Å². The number of carbonyl (C=O) groups excluding carboxylic acids is 4. The van der Waals surface area contributed by atoms with Crippen molar-refractivity contribution < 1.29 is 42.5 Å². The van der Waals surface area contributed by atoms with E-state index in [0.29, 0.717) is 50.5 Å². The van der Waals surface area contributed by atoms with Crippen LogP contribution >= 0.6 is 0 Å². The Morgan fingerprint density at radius 2 is 1.53 bits per heavy atom. The van der Waals surface area contributed by atoms with Gasteiger partial charge in [-0.05, 0) is 48.3 Å². The molecule has 0 unspecified atom stereocenters. The number of fused-ring (bicyclic) bond motifs is 5. The van der Waals surface area contributed by atoms with Crippen molar-refractivity contribution in [1.29, 1.82) is 0 Å². The normalized spacial score (nSPS) is 20.2. The highest BCUT2D eigenvalue weighted by atomic mass is 19.1. The van der Waals surface area contributed by atoms with Crippen LogP contribution in [0.25, 0.3) is 0 Å². The second kappa shape index (κ2) is 17.7. The molecular formula is C43H43F2N5O8. The van der Waals surface area contributed by atoms with E-state index in [-0.39, 0.29) is 48.7 Å². The largest absolute Gasteiger partial charge is 0.503 e. The van der Waals surface area contributed by atoms with Gasteiger partial charge in [0.05, 0.1) is 12.1 Å². The molecule has 4 atom stereocenters. The number of hydrogen-bond acceptors (Lipinski definition) is 8. The average Bonchev–Trinajstić information content (AvgIpc) is 4.02. The number of alkyl carbamates (subject to hydrolysis) is 1. The highest BCUT2D eigenvalue weighted by molar-refractivity contribution is 5.99. The Kier molecular flexibility index (Phi) is 12.1. The molecule has 0 spiro atoms. The zero-order valence-corrected chi connectivity index (χ0v) is 31.5. The van der Waals surface area contributed by atoms with Crippen LogP contribution in [0, 0.1) is 23.5 Å². The first kappa shape index (κ1) is 39.7. The summed E-state index contributed by atoms with van der Waals surface area (Å²) >= 11 is 0. The summed E-state index contributed by atoms with van der Waals surface area (Å²) in [5.74, 6) is -2.55. The lowest BCUT2D eigenvalue weighted by Gasteiger charge is -2.35. The molecule has 3 N–H and O–H groups in total. The molecule has 15 heteroatoms. The third kappa shape index (κ3) is 9.53. The molecule has 2 bridgehead atoms.